The van der Waals surface area contributed by atoms with Crippen LogP contribution in [0.15, 0.2) is 59.4 Å². The Balaban J connectivity index is 0.00000241. The molecule has 0 spiro atoms. The average molecular weight is 505 g/mol. The molecule has 12 nitrogen and oxygen atoms in total. The van der Waals surface area contributed by atoms with Crippen LogP contribution in [0, 0.1) is 5.82 Å². The van der Waals surface area contributed by atoms with Gasteiger partial charge in [-0.25, -0.2) is 14.4 Å². The van der Waals surface area contributed by atoms with Gasteiger partial charge in [0.2, 0.25) is 5.91 Å². The minimum atomic E-state index is -3.75. The summed E-state index contributed by atoms with van der Waals surface area (Å²) in [6.45, 7) is -0.356. The van der Waals surface area contributed by atoms with Gasteiger partial charge < -0.3 is 9.84 Å². The quantitative estimate of drug-likeness (QED) is 0.352. The van der Waals surface area contributed by atoms with E-state index in [1.54, 1.807) is 35.0 Å². The molecular weight excluding hydrogens is 479 g/mol. The molecule has 0 aliphatic rings. The first kappa shape index (κ1) is 24.1. The van der Waals surface area contributed by atoms with Crippen molar-refractivity contribution in [3.8, 4) is 22.9 Å². The third-order valence-electron chi connectivity index (χ3n) is 4.81. The zero-order chi connectivity index (χ0) is 25.0. The predicted octanol–water partition coefficient (Wildman–Crippen LogP) is 2.01. The fourth-order valence-electron chi connectivity index (χ4n) is 3.01. The van der Waals surface area contributed by atoms with Crippen molar-refractivity contribution in [2.45, 2.75) is 6.54 Å². The summed E-state index contributed by atoms with van der Waals surface area (Å²) >= 11 is 0. The second-order valence-electron chi connectivity index (χ2n) is 7.47. The van der Waals surface area contributed by atoms with E-state index in [2.05, 4.69) is 30.3 Å². The SMILES string of the molecule is CN(C)S(=O)(=O)NCC(=O)Nc1ccnc(-c2cc(-c3ccon3)n(Cc3ccccc3F)n2)n1.[HH].[HH]. The summed E-state index contributed by atoms with van der Waals surface area (Å²) in [5, 5.41) is 11.0. The fraction of sp³-hybridized carbons (Fsp3) is 0.190. The van der Waals surface area contributed by atoms with E-state index < -0.39 is 22.7 Å². The summed E-state index contributed by atoms with van der Waals surface area (Å²) in [5.74, 6) is -0.653. The molecule has 0 saturated carbocycles. The van der Waals surface area contributed by atoms with E-state index >= 15 is 0 Å². The van der Waals surface area contributed by atoms with E-state index in [9.17, 15) is 17.6 Å². The zero-order valence-electron chi connectivity index (χ0n) is 18.7. The smallest absolute Gasteiger partial charge is 0.279 e. The lowest BCUT2D eigenvalue weighted by atomic mass is 10.2. The number of halogens is 1. The van der Waals surface area contributed by atoms with Crippen LogP contribution in [-0.2, 0) is 21.5 Å². The highest BCUT2D eigenvalue weighted by Crippen LogP contribution is 2.25. The molecule has 3 heterocycles. The molecule has 1 amide bonds. The second-order valence-corrected chi connectivity index (χ2v) is 9.44. The highest BCUT2D eigenvalue weighted by molar-refractivity contribution is 7.87. The van der Waals surface area contributed by atoms with Gasteiger partial charge in [0.05, 0.1) is 18.8 Å². The van der Waals surface area contributed by atoms with Crippen LogP contribution in [-0.4, -0.2) is 64.2 Å². The lowest BCUT2D eigenvalue weighted by molar-refractivity contribution is -0.115. The number of hydrogen-bond donors (Lipinski definition) is 2. The molecule has 0 unspecified atom stereocenters. The Labute approximate surface area is 202 Å². The Bertz CT molecular complexity index is 1450. The van der Waals surface area contributed by atoms with Crippen LogP contribution in [0.1, 0.15) is 8.42 Å². The van der Waals surface area contributed by atoms with E-state index in [-0.39, 0.29) is 26.9 Å². The van der Waals surface area contributed by atoms with Gasteiger partial charge in [0, 0.05) is 34.8 Å². The van der Waals surface area contributed by atoms with Crippen molar-refractivity contribution in [3.63, 3.8) is 0 Å². The van der Waals surface area contributed by atoms with Gasteiger partial charge in [-0.3, -0.25) is 9.48 Å². The topological polar surface area (TPSA) is 148 Å². The van der Waals surface area contributed by atoms with Gasteiger partial charge in [-0.15, -0.1) is 0 Å². The maximum Gasteiger partial charge on any atom is 0.279 e. The maximum absolute atomic E-state index is 14.2. The summed E-state index contributed by atoms with van der Waals surface area (Å²) in [7, 11) is -1.07. The summed E-state index contributed by atoms with van der Waals surface area (Å²) in [6, 6.07) is 11.1. The third kappa shape index (κ3) is 5.74. The molecule has 0 atom stereocenters. The fourth-order valence-corrected chi connectivity index (χ4v) is 3.58. The largest absolute Gasteiger partial charge is 0.364 e. The van der Waals surface area contributed by atoms with E-state index in [0.29, 0.717) is 22.6 Å². The normalized spacial score (nSPS) is 11.7. The summed E-state index contributed by atoms with van der Waals surface area (Å²) in [5.41, 5.74) is 1.81. The lowest BCUT2D eigenvalue weighted by Gasteiger charge is -2.12. The molecule has 4 rings (SSSR count). The van der Waals surface area contributed by atoms with Gasteiger partial charge >= 0.3 is 0 Å². The van der Waals surface area contributed by atoms with Gasteiger partial charge in [-0.05, 0) is 18.2 Å². The molecule has 0 aliphatic heterocycles. The maximum atomic E-state index is 14.2. The van der Waals surface area contributed by atoms with Crippen molar-refractivity contribution < 1.29 is 25.0 Å². The van der Waals surface area contributed by atoms with Crippen molar-refractivity contribution in [2.24, 2.45) is 0 Å². The molecule has 4 aromatic rings. The molecule has 0 fully saturated rings. The number of carbonyl (C=O) groups excluding carboxylic acids is 1. The van der Waals surface area contributed by atoms with Gasteiger partial charge in [-0.2, -0.15) is 22.5 Å². The van der Waals surface area contributed by atoms with E-state index in [0.717, 1.165) is 4.31 Å². The Hall–Kier alpha value is -4.01. The Morgan fingerprint density at radius 2 is 2.00 bits per heavy atom. The van der Waals surface area contributed by atoms with E-state index in [4.69, 9.17) is 4.52 Å². The third-order valence-corrected chi connectivity index (χ3v) is 6.28. The lowest BCUT2D eigenvalue weighted by Crippen LogP contribution is -2.40. The van der Waals surface area contributed by atoms with Crippen molar-refractivity contribution in [1.82, 2.24) is 33.9 Å². The molecule has 0 saturated heterocycles. The van der Waals surface area contributed by atoms with Crippen molar-refractivity contribution >= 4 is 21.9 Å². The number of nitrogens with one attached hydrogen (secondary N) is 2. The second kappa shape index (κ2) is 10.1. The number of rotatable bonds is 9. The van der Waals surface area contributed by atoms with E-state index in [1.165, 1.54) is 38.7 Å². The number of anilines is 1. The number of aromatic nitrogens is 5. The molecule has 2 N–H and O–H groups in total. The highest BCUT2D eigenvalue weighted by atomic mass is 32.2. The molecule has 0 radical (unpaired) electrons. The van der Waals surface area contributed by atoms with Gasteiger partial charge in [0.1, 0.15) is 29.3 Å². The standard InChI is InChI=1S/C21H21FN8O4S.2H2/c1-29(2)35(32,33)24-12-20(31)25-19-7-9-23-21(26-19)17-11-18(16-8-10-34-28-16)30(27-17)13-14-5-3-4-6-15(14)22;;/h3-11,24H,12-13H2,1-2H3,(H,23,25,26,31);2*1H. The minimum Gasteiger partial charge on any atom is -0.364 e. The summed E-state index contributed by atoms with van der Waals surface area (Å²) < 4.78 is 47.4. The Morgan fingerprint density at radius 1 is 1.20 bits per heavy atom. The number of nitrogens with zero attached hydrogens (tertiary/aromatic N) is 6. The van der Waals surface area contributed by atoms with E-state index in [1.807, 2.05) is 0 Å². The van der Waals surface area contributed by atoms with Crippen LogP contribution in [0.3, 0.4) is 0 Å². The van der Waals surface area contributed by atoms with Crippen molar-refractivity contribution in [3.05, 3.63) is 66.3 Å². The molecule has 0 aliphatic carbocycles. The van der Waals surface area contributed by atoms with Crippen molar-refractivity contribution in [2.75, 3.05) is 26.0 Å². The molecule has 3 aromatic heterocycles. The molecule has 1 aromatic carbocycles. The first-order valence-electron chi connectivity index (χ1n) is 10.3. The van der Waals surface area contributed by atoms with Crippen LogP contribution >= 0.6 is 0 Å². The number of amides is 1. The number of hydrogen-bond acceptors (Lipinski definition) is 8. The molecule has 14 heteroatoms. The first-order chi connectivity index (χ1) is 16.7. The summed E-state index contributed by atoms with van der Waals surface area (Å²) in [4.78, 5) is 20.7. The van der Waals surface area contributed by atoms with Crippen LogP contribution in [0.4, 0.5) is 10.2 Å². The molecule has 0 bridgehead atoms. The van der Waals surface area contributed by atoms with Crippen LogP contribution in [0.25, 0.3) is 22.9 Å². The number of benzene rings is 1. The zero-order valence-corrected chi connectivity index (χ0v) is 19.5. The summed E-state index contributed by atoms with van der Waals surface area (Å²) in [6.07, 6.45) is 2.83. The Kier molecular flexibility index (Phi) is 6.95. The molecular formula is C21H25FN8O4S. The molecule has 186 valence electrons. The van der Waals surface area contributed by atoms with Gasteiger partial charge in [-0.1, -0.05) is 23.4 Å². The van der Waals surface area contributed by atoms with Crippen LogP contribution < -0.4 is 10.0 Å². The minimum absolute atomic E-state index is 0. The first-order valence-corrected chi connectivity index (χ1v) is 11.7. The monoisotopic (exact) mass is 504 g/mol. The molecule has 35 heavy (non-hydrogen) atoms. The van der Waals surface area contributed by atoms with Gasteiger partial charge in [0.25, 0.3) is 10.2 Å². The van der Waals surface area contributed by atoms with Crippen LogP contribution in [0.5, 0.6) is 0 Å². The predicted molar refractivity (Wildman–Crippen MR) is 128 cm³/mol. The van der Waals surface area contributed by atoms with Crippen LogP contribution in [0.2, 0.25) is 0 Å². The number of carbonyl (C=O) groups is 1. The van der Waals surface area contributed by atoms with Gasteiger partial charge in [0.15, 0.2) is 5.82 Å². The van der Waals surface area contributed by atoms with Crippen molar-refractivity contribution in [1.29, 1.82) is 0 Å². The Morgan fingerprint density at radius 3 is 2.71 bits per heavy atom. The average Bonchev–Trinajstić information content (AvgIpc) is 3.49. The highest BCUT2D eigenvalue weighted by Gasteiger charge is 2.18.